The molecule has 0 fully saturated rings. The third-order valence-electron chi connectivity index (χ3n) is 2.90. The van der Waals surface area contributed by atoms with Crippen LogP contribution in [0.15, 0.2) is 42.7 Å². The van der Waals surface area contributed by atoms with Crippen molar-refractivity contribution in [2.24, 2.45) is 0 Å². The van der Waals surface area contributed by atoms with E-state index in [1.165, 1.54) is 31.5 Å². The van der Waals surface area contributed by atoms with Crippen LogP contribution in [0.2, 0.25) is 0 Å². The number of benzene rings is 1. The molecule has 2 rings (SSSR count). The Hall–Kier alpha value is -2.67. The van der Waals surface area contributed by atoms with Crippen molar-refractivity contribution in [3.63, 3.8) is 0 Å². The lowest BCUT2D eigenvalue weighted by Gasteiger charge is -2.24. The Balaban J connectivity index is 2.07. The molecule has 0 unspecified atom stereocenters. The Morgan fingerprint density at radius 3 is 2.61 bits per heavy atom. The molecule has 1 aromatic carbocycles. The van der Waals surface area contributed by atoms with E-state index in [1.54, 1.807) is 32.2 Å². The second-order valence-corrected chi connectivity index (χ2v) is 5.20. The van der Waals surface area contributed by atoms with Gasteiger partial charge in [-0.05, 0) is 18.2 Å². The van der Waals surface area contributed by atoms with Gasteiger partial charge in [-0.1, -0.05) is 0 Å². The van der Waals surface area contributed by atoms with Crippen molar-refractivity contribution in [1.82, 2.24) is 4.98 Å². The zero-order valence-electron chi connectivity index (χ0n) is 13.1. The third kappa shape index (κ3) is 5.23. The topological polar surface area (TPSA) is 72.5 Å². The number of urea groups is 1. The predicted molar refractivity (Wildman–Crippen MR) is 85.0 cm³/mol. The van der Waals surface area contributed by atoms with Crippen LogP contribution in [0.5, 0.6) is 5.75 Å². The molecule has 1 aromatic heterocycles. The van der Waals surface area contributed by atoms with Crippen LogP contribution in [0.25, 0.3) is 0 Å². The summed E-state index contributed by atoms with van der Waals surface area (Å²) in [7, 11) is 1.49. The maximum Gasteiger partial charge on any atom is 0.323 e. The van der Waals surface area contributed by atoms with Gasteiger partial charge in [-0.15, -0.1) is 0 Å². The van der Waals surface area contributed by atoms with Gasteiger partial charge in [0.2, 0.25) is 5.79 Å². The minimum absolute atomic E-state index is 0.244. The molecule has 23 heavy (non-hydrogen) atoms. The first-order valence-corrected chi connectivity index (χ1v) is 6.91. The zero-order chi connectivity index (χ0) is 16.9. The molecule has 0 aliphatic rings. The first-order valence-electron chi connectivity index (χ1n) is 6.91. The molecule has 0 saturated carbocycles. The van der Waals surface area contributed by atoms with Gasteiger partial charge in [0, 0.05) is 45.0 Å². The number of nitrogens with zero attached hydrogens (tertiary/aromatic N) is 1. The number of hydrogen-bond acceptors (Lipinski definition) is 4. The smallest absolute Gasteiger partial charge is 0.323 e. The van der Waals surface area contributed by atoms with Gasteiger partial charge in [0.1, 0.15) is 11.6 Å². The van der Waals surface area contributed by atoms with Crippen LogP contribution in [-0.4, -0.2) is 23.9 Å². The Labute approximate surface area is 133 Å². The highest BCUT2D eigenvalue weighted by Gasteiger charge is 2.19. The van der Waals surface area contributed by atoms with Crippen LogP contribution in [-0.2, 0) is 4.74 Å². The molecular formula is C16H18FN3O3. The molecule has 0 aliphatic heterocycles. The molecule has 0 spiro atoms. The van der Waals surface area contributed by atoms with Gasteiger partial charge in [0.25, 0.3) is 0 Å². The zero-order valence-corrected chi connectivity index (χ0v) is 13.1. The Bertz CT molecular complexity index is 678. The first-order chi connectivity index (χ1) is 10.9. The van der Waals surface area contributed by atoms with E-state index < -0.39 is 17.6 Å². The summed E-state index contributed by atoms with van der Waals surface area (Å²) in [5.41, 5.74) is 0.784. The number of carbonyl (C=O) groups excluding carboxylic acids is 1. The Morgan fingerprint density at radius 1 is 1.22 bits per heavy atom. The number of amides is 2. The van der Waals surface area contributed by atoms with Gasteiger partial charge in [-0.2, -0.15) is 0 Å². The fourth-order valence-corrected chi connectivity index (χ4v) is 1.75. The molecule has 122 valence electrons. The van der Waals surface area contributed by atoms with E-state index in [-0.39, 0.29) is 11.4 Å². The summed E-state index contributed by atoms with van der Waals surface area (Å²) in [6, 6.07) is 6.78. The number of pyridine rings is 1. The quantitative estimate of drug-likeness (QED) is 0.826. The minimum atomic E-state index is -0.914. The SMILES string of the molecule is COC(C)(C)Oc1cc(F)cc(NC(=O)Nc2cccnc2)c1. The van der Waals surface area contributed by atoms with Crippen molar-refractivity contribution >= 4 is 17.4 Å². The lowest BCUT2D eigenvalue weighted by atomic mass is 10.2. The standard InChI is InChI=1S/C16H18FN3O3/c1-16(2,22-3)23-14-8-11(17)7-13(9-14)20-15(21)19-12-5-4-6-18-10-12/h4-10H,1-3H3,(H2,19,20,21). The highest BCUT2D eigenvalue weighted by atomic mass is 19.1. The maximum atomic E-state index is 13.7. The molecule has 0 atom stereocenters. The number of hydrogen-bond donors (Lipinski definition) is 2. The largest absolute Gasteiger partial charge is 0.463 e. The number of nitrogens with one attached hydrogen (secondary N) is 2. The van der Waals surface area contributed by atoms with Crippen molar-refractivity contribution in [2.45, 2.75) is 19.6 Å². The normalized spacial score (nSPS) is 11.0. The molecule has 2 aromatic rings. The van der Waals surface area contributed by atoms with E-state index in [9.17, 15) is 9.18 Å². The lowest BCUT2D eigenvalue weighted by molar-refractivity contribution is -0.134. The summed E-state index contributed by atoms with van der Waals surface area (Å²) in [5, 5.41) is 5.13. The lowest BCUT2D eigenvalue weighted by Crippen LogP contribution is -2.30. The van der Waals surface area contributed by atoms with E-state index in [0.29, 0.717) is 5.69 Å². The number of halogens is 1. The number of methoxy groups -OCH3 is 1. The average Bonchev–Trinajstić information content (AvgIpc) is 2.47. The van der Waals surface area contributed by atoms with Gasteiger partial charge >= 0.3 is 6.03 Å². The molecule has 0 aliphatic carbocycles. The molecule has 0 bridgehead atoms. The van der Waals surface area contributed by atoms with Crippen molar-refractivity contribution in [2.75, 3.05) is 17.7 Å². The van der Waals surface area contributed by atoms with Crippen molar-refractivity contribution < 1.29 is 18.7 Å². The van der Waals surface area contributed by atoms with E-state index in [1.807, 2.05) is 0 Å². The first kappa shape index (κ1) is 16.7. The van der Waals surface area contributed by atoms with Gasteiger partial charge < -0.3 is 20.1 Å². The van der Waals surface area contributed by atoms with E-state index in [4.69, 9.17) is 9.47 Å². The number of aromatic nitrogens is 1. The van der Waals surface area contributed by atoms with Gasteiger partial charge in [-0.25, -0.2) is 9.18 Å². The summed E-state index contributed by atoms with van der Waals surface area (Å²) in [6.45, 7) is 3.39. The molecule has 6 nitrogen and oxygen atoms in total. The molecular weight excluding hydrogens is 301 g/mol. The molecule has 7 heteroatoms. The molecule has 0 saturated heterocycles. The Morgan fingerprint density at radius 2 is 1.96 bits per heavy atom. The molecule has 1 heterocycles. The highest BCUT2D eigenvalue weighted by molar-refractivity contribution is 5.99. The van der Waals surface area contributed by atoms with E-state index >= 15 is 0 Å². The summed E-state index contributed by atoms with van der Waals surface area (Å²) < 4.78 is 24.3. The second kappa shape index (κ2) is 7.06. The highest BCUT2D eigenvalue weighted by Crippen LogP contribution is 2.24. The van der Waals surface area contributed by atoms with Gasteiger partial charge in [-0.3, -0.25) is 4.98 Å². The molecule has 0 radical (unpaired) electrons. The fraction of sp³-hybridized carbons (Fsp3) is 0.250. The van der Waals surface area contributed by atoms with Crippen molar-refractivity contribution in [1.29, 1.82) is 0 Å². The predicted octanol–water partition coefficient (Wildman–Crippen LogP) is 3.63. The van der Waals surface area contributed by atoms with Crippen LogP contribution < -0.4 is 15.4 Å². The monoisotopic (exact) mass is 319 g/mol. The van der Waals surface area contributed by atoms with Crippen LogP contribution >= 0.6 is 0 Å². The van der Waals surface area contributed by atoms with Gasteiger partial charge in [0.15, 0.2) is 0 Å². The van der Waals surface area contributed by atoms with Crippen LogP contribution in [0, 0.1) is 5.82 Å². The van der Waals surface area contributed by atoms with Gasteiger partial charge in [0.05, 0.1) is 11.9 Å². The van der Waals surface area contributed by atoms with Crippen LogP contribution in [0.4, 0.5) is 20.6 Å². The van der Waals surface area contributed by atoms with E-state index in [0.717, 1.165) is 0 Å². The Kier molecular flexibility index (Phi) is 5.13. The number of rotatable bonds is 5. The van der Waals surface area contributed by atoms with Crippen molar-refractivity contribution in [3.05, 3.63) is 48.5 Å². The summed E-state index contributed by atoms with van der Waals surface area (Å²) >= 11 is 0. The van der Waals surface area contributed by atoms with Crippen LogP contribution in [0.3, 0.4) is 0 Å². The fourth-order valence-electron chi connectivity index (χ4n) is 1.75. The number of carbonyl (C=O) groups is 1. The third-order valence-corrected chi connectivity index (χ3v) is 2.90. The number of anilines is 2. The minimum Gasteiger partial charge on any atom is -0.463 e. The summed E-state index contributed by atoms with van der Waals surface area (Å²) in [5.74, 6) is -1.21. The molecule has 2 N–H and O–H groups in total. The maximum absolute atomic E-state index is 13.7. The summed E-state index contributed by atoms with van der Waals surface area (Å²) in [6.07, 6.45) is 3.09. The second-order valence-electron chi connectivity index (χ2n) is 5.20. The van der Waals surface area contributed by atoms with Crippen LogP contribution in [0.1, 0.15) is 13.8 Å². The van der Waals surface area contributed by atoms with E-state index in [2.05, 4.69) is 15.6 Å². The van der Waals surface area contributed by atoms with Crippen molar-refractivity contribution in [3.8, 4) is 5.75 Å². The number of ether oxygens (including phenoxy) is 2. The summed E-state index contributed by atoms with van der Waals surface area (Å²) in [4.78, 5) is 15.8. The molecule has 2 amide bonds. The average molecular weight is 319 g/mol.